The molecular formula is C11H10BrN3S. The smallest absolute Gasteiger partial charge is 0.134 e. The van der Waals surface area contributed by atoms with Gasteiger partial charge in [0.2, 0.25) is 0 Å². The molecule has 0 aliphatic carbocycles. The molecule has 0 amide bonds. The molecule has 1 aromatic heterocycles. The summed E-state index contributed by atoms with van der Waals surface area (Å²) < 4.78 is 0.770. The van der Waals surface area contributed by atoms with Crippen molar-refractivity contribution < 1.29 is 0 Å². The van der Waals surface area contributed by atoms with E-state index in [0.29, 0.717) is 0 Å². The summed E-state index contributed by atoms with van der Waals surface area (Å²) in [5, 5.41) is 3.26. The minimum Gasteiger partial charge on any atom is -0.339 e. The van der Waals surface area contributed by atoms with E-state index in [9.17, 15) is 0 Å². The Bertz CT molecular complexity index is 490. The molecule has 2 rings (SSSR count). The molecule has 0 saturated carbocycles. The van der Waals surface area contributed by atoms with E-state index in [0.717, 1.165) is 16.1 Å². The summed E-state index contributed by atoms with van der Waals surface area (Å²) in [7, 11) is 0. The zero-order valence-electron chi connectivity index (χ0n) is 8.64. The Morgan fingerprint density at radius 3 is 2.81 bits per heavy atom. The van der Waals surface area contributed by atoms with Gasteiger partial charge in [-0.25, -0.2) is 9.97 Å². The number of nitrogens with zero attached hydrogens (tertiary/aromatic N) is 2. The van der Waals surface area contributed by atoms with E-state index in [4.69, 9.17) is 0 Å². The lowest BCUT2D eigenvalue weighted by molar-refractivity contribution is 1.14. The van der Waals surface area contributed by atoms with E-state index in [1.165, 1.54) is 11.2 Å². The molecule has 2 aromatic rings. The van der Waals surface area contributed by atoms with Gasteiger partial charge < -0.3 is 5.32 Å². The molecule has 0 aliphatic rings. The van der Waals surface area contributed by atoms with E-state index in [-0.39, 0.29) is 0 Å². The number of anilines is 2. The highest BCUT2D eigenvalue weighted by Crippen LogP contribution is 2.27. The predicted octanol–water partition coefficient (Wildman–Crippen LogP) is 3.70. The molecule has 0 saturated heterocycles. The Kier molecular flexibility index (Phi) is 3.79. The van der Waals surface area contributed by atoms with Crippen LogP contribution in [0.25, 0.3) is 0 Å². The second-order valence-corrected chi connectivity index (χ2v) is 4.71. The van der Waals surface area contributed by atoms with Gasteiger partial charge in [0.1, 0.15) is 16.7 Å². The Labute approximate surface area is 107 Å². The Hall–Kier alpha value is -1.07. The van der Waals surface area contributed by atoms with Crippen molar-refractivity contribution in [3.63, 3.8) is 0 Å². The average Bonchev–Trinajstić information content (AvgIpc) is 2.30. The van der Waals surface area contributed by atoms with Gasteiger partial charge in [0.15, 0.2) is 0 Å². The standard InChI is InChI=1S/C11H10BrN3S/c1-16-9-5-3-2-4-8(9)15-11-6-10(12)13-7-14-11/h2-7H,1H3,(H,13,14,15). The van der Waals surface area contributed by atoms with E-state index >= 15 is 0 Å². The highest BCUT2D eigenvalue weighted by Gasteiger charge is 2.01. The van der Waals surface area contributed by atoms with Gasteiger partial charge in [0, 0.05) is 11.0 Å². The van der Waals surface area contributed by atoms with Gasteiger partial charge in [-0.2, -0.15) is 0 Å². The van der Waals surface area contributed by atoms with Gasteiger partial charge in [0.05, 0.1) is 5.69 Å². The molecule has 0 aliphatic heterocycles. The number of hydrogen-bond acceptors (Lipinski definition) is 4. The van der Waals surface area contributed by atoms with Crippen molar-refractivity contribution in [3.8, 4) is 0 Å². The van der Waals surface area contributed by atoms with Crippen LogP contribution >= 0.6 is 27.7 Å². The summed E-state index contributed by atoms with van der Waals surface area (Å²) in [5.74, 6) is 0.781. The Morgan fingerprint density at radius 1 is 1.25 bits per heavy atom. The Balaban J connectivity index is 2.26. The lowest BCUT2D eigenvalue weighted by atomic mass is 10.3. The number of rotatable bonds is 3. The van der Waals surface area contributed by atoms with E-state index in [1.807, 2.05) is 24.3 Å². The summed E-state index contributed by atoms with van der Waals surface area (Å²) in [6.45, 7) is 0. The number of nitrogens with one attached hydrogen (secondary N) is 1. The molecule has 0 fully saturated rings. The zero-order chi connectivity index (χ0) is 11.4. The normalized spacial score (nSPS) is 10.1. The number of halogens is 1. The van der Waals surface area contributed by atoms with Crippen LogP contribution < -0.4 is 5.32 Å². The largest absolute Gasteiger partial charge is 0.339 e. The number of thioether (sulfide) groups is 1. The van der Waals surface area contributed by atoms with Crippen molar-refractivity contribution in [2.24, 2.45) is 0 Å². The number of para-hydroxylation sites is 1. The van der Waals surface area contributed by atoms with Crippen molar-refractivity contribution in [1.29, 1.82) is 0 Å². The summed E-state index contributed by atoms with van der Waals surface area (Å²) in [5.41, 5.74) is 1.06. The molecule has 1 aromatic carbocycles. The van der Waals surface area contributed by atoms with Crippen LogP contribution in [0, 0.1) is 0 Å². The average molecular weight is 296 g/mol. The first-order valence-corrected chi connectivity index (χ1v) is 6.69. The van der Waals surface area contributed by atoms with Gasteiger partial charge in [-0.3, -0.25) is 0 Å². The minimum atomic E-state index is 0.770. The molecule has 82 valence electrons. The summed E-state index contributed by atoms with van der Waals surface area (Å²) in [4.78, 5) is 9.33. The second kappa shape index (κ2) is 5.32. The zero-order valence-corrected chi connectivity index (χ0v) is 11.0. The van der Waals surface area contributed by atoms with Gasteiger partial charge >= 0.3 is 0 Å². The molecule has 0 unspecified atom stereocenters. The van der Waals surface area contributed by atoms with Crippen LogP contribution in [0.1, 0.15) is 0 Å². The first-order valence-electron chi connectivity index (χ1n) is 4.67. The first kappa shape index (κ1) is 11.4. The highest BCUT2D eigenvalue weighted by molar-refractivity contribution is 9.10. The van der Waals surface area contributed by atoms with Crippen LogP contribution in [-0.4, -0.2) is 16.2 Å². The quantitative estimate of drug-likeness (QED) is 0.692. The monoisotopic (exact) mass is 295 g/mol. The van der Waals surface area contributed by atoms with E-state index < -0.39 is 0 Å². The number of hydrogen-bond donors (Lipinski definition) is 1. The van der Waals surface area contributed by atoms with Crippen molar-refractivity contribution >= 4 is 39.2 Å². The third-order valence-corrected chi connectivity index (χ3v) is 3.23. The van der Waals surface area contributed by atoms with Crippen LogP contribution in [-0.2, 0) is 0 Å². The fourth-order valence-electron chi connectivity index (χ4n) is 1.29. The fourth-order valence-corrected chi connectivity index (χ4v) is 2.15. The Morgan fingerprint density at radius 2 is 2.06 bits per heavy atom. The van der Waals surface area contributed by atoms with Crippen LogP contribution in [0.3, 0.4) is 0 Å². The number of benzene rings is 1. The third kappa shape index (κ3) is 2.74. The highest BCUT2D eigenvalue weighted by atomic mass is 79.9. The van der Waals surface area contributed by atoms with Gasteiger partial charge in [0.25, 0.3) is 0 Å². The van der Waals surface area contributed by atoms with Crippen molar-refractivity contribution in [3.05, 3.63) is 41.3 Å². The molecule has 0 bridgehead atoms. The first-order chi connectivity index (χ1) is 7.79. The van der Waals surface area contributed by atoms with Gasteiger partial charge in [-0.05, 0) is 34.3 Å². The fraction of sp³-hybridized carbons (Fsp3) is 0.0909. The van der Waals surface area contributed by atoms with Crippen LogP contribution in [0.2, 0.25) is 0 Å². The molecule has 0 atom stereocenters. The summed E-state index contributed by atoms with van der Waals surface area (Å²) in [6.07, 6.45) is 3.57. The molecule has 16 heavy (non-hydrogen) atoms. The van der Waals surface area contributed by atoms with Crippen molar-refractivity contribution in [2.75, 3.05) is 11.6 Å². The topological polar surface area (TPSA) is 37.8 Å². The summed E-state index contributed by atoms with van der Waals surface area (Å²) >= 11 is 5.02. The minimum absolute atomic E-state index is 0.770. The molecule has 3 nitrogen and oxygen atoms in total. The lowest BCUT2D eigenvalue weighted by Crippen LogP contribution is -1.95. The maximum absolute atomic E-state index is 4.15. The maximum atomic E-state index is 4.15. The van der Waals surface area contributed by atoms with E-state index in [2.05, 4.69) is 43.5 Å². The third-order valence-electron chi connectivity index (χ3n) is 2.00. The number of aromatic nitrogens is 2. The summed E-state index contributed by atoms with van der Waals surface area (Å²) in [6, 6.07) is 9.97. The molecule has 1 N–H and O–H groups in total. The van der Waals surface area contributed by atoms with E-state index in [1.54, 1.807) is 11.8 Å². The maximum Gasteiger partial charge on any atom is 0.134 e. The molecule has 0 radical (unpaired) electrons. The molecule has 5 heteroatoms. The van der Waals surface area contributed by atoms with Crippen LogP contribution in [0.5, 0.6) is 0 Å². The second-order valence-electron chi connectivity index (χ2n) is 3.05. The SMILES string of the molecule is CSc1ccccc1Nc1cc(Br)ncn1. The van der Waals surface area contributed by atoms with Gasteiger partial charge in [-0.15, -0.1) is 11.8 Å². The lowest BCUT2D eigenvalue weighted by Gasteiger charge is -2.09. The van der Waals surface area contributed by atoms with Crippen LogP contribution in [0.4, 0.5) is 11.5 Å². The van der Waals surface area contributed by atoms with Crippen molar-refractivity contribution in [2.45, 2.75) is 4.90 Å². The van der Waals surface area contributed by atoms with Crippen LogP contribution in [0.15, 0.2) is 46.2 Å². The van der Waals surface area contributed by atoms with Crippen molar-refractivity contribution in [1.82, 2.24) is 9.97 Å². The molecule has 1 heterocycles. The predicted molar refractivity (Wildman–Crippen MR) is 71.2 cm³/mol. The molecule has 0 spiro atoms. The molecular weight excluding hydrogens is 286 g/mol. The van der Waals surface area contributed by atoms with Gasteiger partial charge in [-0.1, -0.05) is 12.1 Å².